The average Bonchev–Trinajstić information content (AvgIpc) is 2.90. The third kappa shape index (κ3) is 1.90. The lowest BCUT2D eigenvalue weighted by molar-refractivity contribution is -0.187. The van der Waals surface area contributed by atoms with Gasteiger partial charge < -0.3 is 9.47 Å². The second-order valence-corrected chi connectivity index (χ2v) is 4.42. The standard InChI is InChI=1S/C10H13F3O3/c1-15-8(14)7-9(16-7)4-2-3-6(5-9)10(11,12)13/h6-7H,2-5H2,1H3. The summed E-state index contributed by atoms with van der Waals surface area (Å²) in [4.78, 5) is 11.2. The van der Waals surface area contributed by atoms with E-state index in [4.69, 9.17) is 4.74 Å². The first kappa shape index (κ1) is 11.7. The first-order valence-corrected chi connectivity index (χ1v) is 5.21. The number of carbonyl (C=O) groups is 1. The number of rotatable bonds is 1. The summed E-state index contributed by atoms with van der Waals surface area (Å²) in [5.41, 5.74) is -0.897. The lowest BCUT2D eigenvalue weighted by Crippen LogP contribution is -2.35. The summed E-state index contributed by atoms with van der Waals surface area (Å²) < 4.78 is 47.3. The van der Waals surface area contributed by atoms with Crippen LogP contribution in [-0.2, 0) is 14.3 Å². The van der Waals surface area contributed by atoms with Gasteiger partial charge in [-0.1, -0.05) is 0 Å². The number of hydrogen-bond acceptors (Lipinski definition) is 3. The number of epoxide rings is 1. The Morgan fingerprint density at radius 1 is 1.50 bits per heavy atom. The van der Waals surface area contributed by atoms with E-state index in [1.54, 1.807) is 0 Å². The van der Waals surface area contributed by atoms with E-state index in [0.29, 0.717) is 12.8 Å². The second kappa shape index (κ2) is 3.61. The van der Waals surface area contributed by atoms with Gasteiger partial charge in [0, 0.05) is 0 Å². The van der Waals surface area contributed by atoms with E-state index in [-0.39, 0.29) is 12.8 Å². The highest BCUT2D eigenvalue weighted by molar-refractivity contribution is 5.79. The van der Waals surface area contributed by atoms with E-state index < -0.39 is 29.8 Å². The van der Waals surface area contributed by atoms with Gasteiger partial charge in [0.2, 0.25) is 0 Å². The van der Waals surface area contributed by atoms with Gasteiger partial charge in [-0.25, -0.2) is 4.79 Å². The maximum absolute atomic E-state index is 12.6. The molecular formula is C10H13F3O3. The number of methoxy groups -OCH3 is 1. The van der Waals surface area contributed by atoms with Crippen LogP contribution in [0, 0.1) is 5.92 Å². The Bertz CT molecular complexity index is 302. The molecule has 0 aromatic rings. The zero-order chi connectivity index (χ0) is 12.0. The van der Waals surface area contributed by atoms with Crippen molar-refractivity contribution in [2.45, 2.75) is 43.6 Å². The molecule has 1 aliphatic carbocycles. The van der Waals surface area contributed by atoms with Crippen LogP contribution in [0.1, 0.15) is 25.7 Å². The van der Waals surface area contributed by atoms with Gasteiger partial charge in [0.15, 0.2) is 6.10 Å². The molecule has 6 heteroatoms. The molecule has 1 saturated heterocycles. The number of carbonyl (C=O) groups excluding carboxylic acids is 1. The molecule has 1 saturated carbocycles. The molecule has 3 nitrogen and oxygen atoms in total. The smallest absolute Gasteiger partial charge is 0.391 e. The summed E-state index contributed by atoms with van der Waals surface area (Å²) in [6.45, 7) is 0. The molecule has 3 unspecified atom stereocenters. The Hall–Kier alpha value is -0.780. The SMILES string of the molecule is COC(=O)C1OC12CCCC(C(F)(F)F)C2. The lowest BCUT2D eigenvalue weighted by atomic mass is 9.79. The van der Waals surface area contributed by atoms with E-state index in [9.17, 15) is 18.0 Å². The Morgan fingerprint density at radius 2 is 2.19 bits per heavy atom. The average molecular weight is 238 g/mol. The van der Waals surface area contributed by atoms with Crippen molar-refractivity contribution >= 4 is 5.97 Å². The van der Waals surface area contributed by atoms with Crippen molar-refractivity contribution in [3.63, 3.8) is 0 Å². The van der Waals surface area contributed by atoms with Gasteiger partial charge in [0.05, 0.1) is 13.0 Å². The summed E-state index contributed by atoms with van der Waals surface area (Å²) in [6.07, 6.45) is -4.02. The highest BCUT2D eigenvalue weighted by Crippen LogP contribution is 2.53. The summed E-state index contributed by atoms with van der Waals surface area (Å²) in [5.74, 6) is -1.92. The molecule has 0 amide bonds. The maximum Gasteiger partial charge on any atom is 0.391 e. The van der Waals surface area contributed by atoms with Crippen LogP contribution in [0.5, 0.6) is 0 Å². The quantitative estimate of drug-likeness (QED) is 0.518. The number of alkyl halides is 3. The van der Waals surface area contributed by atoms with Gasteiger partial charge in [0.1, 0.15) is 5.60 Å². The fraction of sp³-hybridized carbons (Fsp3) is 0.900. The normalized spacial score (nSPS) is 38.5. The van der Waals surface area contributed by atoms with E-state index in [2.05, 4.69) is 4.74 Å². The minimum atomic E-state index is -4.19. The second-order valence-electron chi connectivity index (χ2n) is 4.42. The van der Waals surface area contributed by atoms with E-state index >= 15 is 0 Å². The van der Waals surface area contributed by atoms with Crippen LogP contribution in [0.2, 0.25) is 0 Å². The van der Waals surface area contributed by atoms with Crippen LogP contribution in [0.4, 0.5) is 13.2 Å². The highest BCUT2D eigenvalue weighted by atomic mass is 19.4. The molecule has 0 bridgehead atoms. The minimum absolute atomic E-state index is 0.115. The van der Waals surface area contributed by atoms with Crippen LogP contribution in [0.3, 0.4) is 0 Å². The Kier molecular flexibility index (Phi) is 2.64. The highest BCUT2D eigenvalue weighted by Gasteiger charge is 2.65. The van der Waals surface area contributed by atoms with Crippen LogP contribution >= 0.6 is 0 Å². The Balaban J connectivity index is 2.02. The van der Waals surface area contributed by atoms with Crippen molar-refractivity contribution in [2.75, 3.05) is 7.11 Å². The lowest BCUT2D eigenvalue weighted by Gasteiger charge is -2.28. The fourth-order valence-electron chi connectivity index (χ4n) is 2.46. The summed E-state index contributed by atoms with van der Waals surface area (Å²) >= 11 is 0. The summed E-state index contributed by atoms with van der Waals surface area (Å²) in [6, 6.07) is 0. The van der Waals surface area contributed by atoms with E-state index in [0.717, 1.165) is 0 Å². The zero-order valence-electron chi connectivity index (χ0n) is 8.84. The molecular weight excluding hydrogens is 225 g/mol. The van der Waals surface area contributed by atoms with Crippen molar-refractivity contribution < 1.29 is 27.4 Å². The maximum atomic E-state index is 12.6. The van der Waals surface area contributed by atoms with Crippen molar-refractivity contribution in [3.8, 4) is 0 Å². The summed E-state index contributed by atoms with van der Waals surface area (Å²) in [7, 11) is 1.21. The van der Waals surface area contributed by atoms with Gasteiger partial charge in [-0.2, -0.15) is 13.2 Å². The van der Waals surface area contributed by atoms with Gasteiger partial charge >= 0.3 is 12.1 Å². The van der Waals surface area contributed by atoms with Crippen molar-refractivity contribution in [1.29, 1.82) is 0 Å². The van der Waals surface area contributed by atoms with Crippen LogP contribution in [0.25, 0.3) is 0 Å². The first-order chi connectivity index (χ1) is 7.39. The number of ether oxygens (including phenoxy) is 2. The molecule has 3 atom stereocenters. The molecule has 16 heavy (non-hydrogen) atoms. The first-order valence-electron chi connectivity index (χ1n) is 5.21. The largest absolute Gasteiger partial charge is 0.467 e. The zero-order valence-corrected chi connectivity index (χ0v) is 8.84. The topological polar surface area (TPSA) is 38.8 Å². The van der Waals surface area contributed by atoms with Gasteiger partial charge in [-0.15, -0.1) is 0 Å². The van der Waals surface area contributed by atoms with Crippen LogP contribution in [-0.4, -0.2) is 31.0 Å². The number of hydrogen-bond donors (Lipinski definition) is 0. The third-order valence-electron chi connectivity index (χ3n) is 3.40. The molecule has 2 rings (SSSR count). The predicted octanol–water partition coefficient (Wildman–Crippen LogP) is 2.05. The number of esters is 1. The Labute approximate surface area is 90.9 Å². The van der Waals surface area contributed by atoms with E-state index in [1.165, 1.54) is 7.11 Å². The van der Waals surface area contributed by atoms with Gasteiger partial charge in [-0.3, -0.25) is 0 Å². The van der Waals surface area contributed by atoms with Crippen molar-refractivity contribution in [1.82, 2.24) is 0 Å². The molecule has 0 N–H and O–H groups in total. The predicted molar refractivity (Wildman–Crippen MR) is 47.6 cm³/mol. The molecule has 0 aromatic heterocycles. The monoisotopic (exact) mass is 238 g/mol. The van der Waals surface area contributed by atoms with Crippen molar-refractivity contribution in [3.05, 3.63) is 0 Å². The summed E-state index contributed by atoms with van der Waals surface area (Å²) in [5, 5.41) is 0. The van der Waals surface area contributed by atoms with Gasteiger partial charge in [-0.05, 0) is 25.7 Å². The van der Waals surface area contributed by atoms with Crippen LogP contribution < -0.4 is 0 Å². The van der Waals surface area contributed by atoms with Crippen molar-refractivity contribution in [2.24, 2.45) is 5.92 Å². The third-order valence-corrected chi connectivity index (χ3v) is 3.40. The molecule has 1 aliphatic heterocycles. The Morgan fingerprint density at radius 3 is 2.75 bits per heavy atom. The molecule has 92 valence electrons. The minimum Gasteiger partial charge on any atom is -0.467 e. The molecule has 1 spiro atoms. The molecule has 2 fully saturated rings. The fourth-order valence-corrected chi connectivity index (χ4v) is 2.46. The molecule has 0 aromatic carbocycles. The molecule has 1 heterocycles. The molecule has 2 aliphatic rings. The molecule has 0 radical (unpaired) electrons. The number of halogens is 3. The van der Waals surface area contributed by atoms with Crippen LogP contribution in [0.15, 0.2) is 0 Å². The van der Waals surface area contributed by atoms with E-state index in [1.807, 2.05) is 0 Å². The van der Waals surface area contributed by atoms with Gasteiger partial charge in [0.25, 0.3) is 0 Å².